The Labute approximate surface area is 160 Å². The third-order valence-electron chi connectivity index (χ3n) is 4.24. The lowest BCUT2D eigenvalue weighted by Gasteiger charge is -2.09. The number of para-hydroxylation sites is 1. The lowest BCUT2D eigenvalue weighted by Crippen LogP contribution is -2.20. The van der Waals surface area contributed by atoms with Crippen molar-refractivity contribution in [1.29, 1.82) is 0 Å². The van der Waals surface area contributed by atoms with Gasteiger partial charge in [0.1, 0.15) is 11.5 Å². The zero-order valence-electron chi connectivity index (χ0n) is 15.3. The van der Waals surface area contributed by atoms with E-state index in [0.29, 0.717) is 39.6 Å². The van der Waals surface area contributed by atoms with Crippen molar-refractivity contribution in [3.8, 4) is 23.1 Å². The summed E-state index contributed by atoms with van der Waals surface area (Å²) in [5.74, 6) is 2.01. The van der Waals surface area contributed by atoms with Gasteiger partial charge in [-0.05, 0) is 42.5 Å². The van der Waals surface area contributed by atoms with E-state index in [1.165, 1.54) is 17.2 Å². The molecule has 0 radical (unpaired) electrons. The monoisotopic (exact) mass is 375 g/mol. The maximum absolute atomic E-state index is 13.1. The first-order valence-corrected chi connectivity index (χ1v) is 8.53. The van der Waals surface area contributed by atoms with Crippen LogP contribution in [-0.2, 0) is 0 Å². The van der Waals surface area contributed by atoms with Gasteiger partial charge < -0.3 is 13.9 Å². The fourth-order valence-electron chi connectivity index (χ4n) is 2.86. The standard InChI is InChI=1S/C21H17N3O4/c1-26-15-9-10-18(27-2)14(12-15)13-22-24-20(19-8-5-11-28-19)23-17-7-4-3-6-16(17)21(24)25/h3-13H,1-2H3/b22-13+. The molecule has 0 atom stereocenters. The van der Waals surface area contributed by atoms with E-state index in [1.807, 2.05) is 6.07 Å². The number of ether oxygens (including phenoxy) is 2. The fourth-order valence-corrected chi connectivity index (χ4v) is 2.86. The number of furan rings is 1. The van der Waals surface area contributed by atoms with Crippen LogP contribution in [0.3, 0.4) is 0 Å². The highest BCUT2D eigenvalue weighted by Crippen LogP contribution is 2.23. The predicted octanol–water partition coefficient (Wildman–Crippen LogP) is 3.56. The van der Waals surface area contributed by atoms with Crippen molar-refractivity contribution in [2.75, 3.05) is 14.2 Å². The minimum atomic E-state index is -0.296. The van der Waals surface area contributed by atoms with Gasteiger partial charge in [0.25, 0.3) is 5.56 Å². The van der Waals surface area contributed by atoms with Crippen molar-refractivity contribution in [1.82, 2.24) is 9.66 Å². The summed E-state index contributed by atoms with van der Waals surface area (Å²) in [7, 11) is 3.15. The number of methoxy groups -OCH3 is 2. The van der Waals surface area contributed by atoms with Gasteiger partial charge in [0.2, 0.25) is 5.82 Å². The molecular formula is C21H17N3O4. The molecule has 0 spiro atoms. The third kappa shape index (κ3) is 3.14. The van der Waals surface area contributed by atoms with Crippen molar-refractivity contribution in [2.24, 2.45) is 5.10 Å². The Hall–Kier alpha value is -3.87. The molecule has 0 aliphatic rings. The van der Waals surface area contributed by atoms with Crippen LogP contribution in [0.5, 0.6) is 11.5 Å². The number of nitrogens with zero attached hydrogens (tertiary/aromatic N) is 3. The molecule has 4 rings (SSSR count). The van der Waals surface area contributed by atoms with E-state index in [-0.39, 0.29) is 5.56 Å². The molecule has 0 amide bonds. The Morgan fingerprint density at radius 1 is 1.07 bits per heavy atom. The van der Waals surface area contributed by atoms with Gasteiger partial charge in [-0.25, -0.2) is 4.98 Å². The van der Waals surface area contributed by atoms with Crippen molar-refractivity contribution in [3.05, 3.63) is 76.8 Å². The highest BCUT2D eigenvalue weighted by molar-refractivity contribution is 5.85. The van der Waals surface area contributed by atoms with Crippen LogP contribution >= 0.6 is 0 Å². The van der Waals surface area contributed by atoms with Crippen LogP contribution in [-0.4, -0.2) is 30.1 Å². The minimum Gasteiger partial charge on any atom is -0.497 e. The van der Waals surface area contributed by atoms with E-state index in [4.69, 9.17) is 13.9 Å². The van der Waals surface area contributed by atoms with Crippen LogP contribution in [0, 0.1) is 0 Å². The second-order valence-electron chi connectivity index (χ2n) is 5.90. The van der Waals surface area contributed by atoms with E-state index in [2.05, 4.69) is 10.1 Å². The van der Waals surface area contributed by atoms with Crippen molar-refractivity contribution in [2.45, 2.75) is 0 Å². The van der Waals surface area contributed by atoms with Gasteiger partial charge in [-0.1, -0.05) is 12.1 Å². The average Bonchev–Trinajstić information content (AvgIpc) is 3.27. The zero-order chi connectivity index (χ0) is 19.5. The number of benzene rings is 2. The normalized spacial score (nSPS) is 11.2. The van der Waals surface area contributed by atoms with Crippen LogP contribution in [0.1, 0.15) is 5.56 Å². The van der Waals surface area contributed by atoms with E-state index < -0.39 is 0 Å². The first kappa shape index (κ1) is 17.5. The zero-order valence-corrected chi connectivity index (χ0v) is 15.3. The van der Waals surface area contributed by atoms with E-state index >= 15 is 0 Å². The smallest absolute Gasteiger partial charge is 0.282 e. The molecule has 2 heterocycles. The fraction of sp³-hybridized carbons (Fsp3) is 0.0952. The van der Waals surface area contributed by atoms with Crippen molar-refractivity contribution in [3.63, 3.8) is 0 Å². The predicted molar refractivity (Wildman–Crippen MR) is 106 cm³/mol. The lowest BCUT2D eigenvalue weighted by atomic mass is 10.2. The molecule has 0 unspecified atom stereocenters. The summed E-state index contributed by atoms with van der Waals surface area (Å²) < 4.78 is 17.3. The van der Waals surface area contributed by atoms with E-state index in [1.54, 1.807) is 62.8 Å². The number of hydrogen-bond donors (Lipinski definition) is 0. The average molecular weight is 375 g/mol. The van der Waals surface area contributed by atoms with Gasteiger partial charge in [-0.2, -0.15) is 9.78 Å². The largest absolute Gasteiger partial charge is 0.497 e. The molecule has 0 saturated carbocycles. The number of fused-ring (bicyclic) bond motifs is 1. The molecule has 140 valence electrons. The Bertz CT molecular complexity index is 1210. The van der Waals surface area contributed by atoms with Crippen molar-refractivity contribution >= 4 is 17.1 Å². The Morgan fingerprint density at radius 2 is 1.93 bits per heavy atom. The lowest BCUT2D eigenvalue weighted by molar-refractivity contribution is 0.402. The van der Waals surface area contributed by atoms with Gasteiger partial charge in [-0.15, -0.1) is 0 Å². The third-order valence-corrected chi connectivity index (χ3v) is 4.24. The molecular weight excluding hydrogens is 358 g/mol. The summed E-state index contributed by atoms with van der Waals surface area (Å²) in [6, 6.07) is 15.9. The molecule has 7 nitrogen and oxygen atoms in total. The molecule has 0 saturated heterocycles. The minimum absolute atomic E-state index is 0.296. The number of hydrogen-bond acceptors (Lipinski definition) is 6. The maximum Gasteiger partial charge on any atom is 0.282 e. The quantitative estimate of drug-likeness (QED) is 0.499. The second kappa shape index (κ2) is 7.40. The summed E-state index contributed by atoms with van der Waals surface area (Å²) in [6.07, 6.45) is 3.06. The second-order valence-corrected chi connectivity index (χ2v) is 5.90. The molecule has 0 aliphatic heterocycles. The van der Waals surface area contributed by atoms with Gasteiger partial charge in [0.15, 0.2) is 5.76 Å². The first-order valence-electron chi connectivity index (χ1n) is 8.53. The van der Waals surface area contributed by atoms with Crippen LogP contribution < -0.4 is 15.0 Å². The molecule has 0 aliphatic carbocycles. The SMILES string of the molecule is COc1ccc(OC)c(/C=N/n2c(-c3ccco3)nc3ccccc3c2=O)c1. The van der Waals surface area contributed by atoms with Gasteiger partial charge in [0, 0.05) is 5.56 Å². The molecule has 2 aromatic carbocycles. The molecule has 0 bridgehead atoms. The highest BCUT2D eigenvalue weighted by Gasteiger charge is 2.14. The summed E-state index contributed by atoms with van der Waals surface area (Å²) in [6.45, 7) is 0. The first-order chi connectivity index (χ1) is 13.7. The summed E-state index contributed by atoms with van der Waals surface area (Å²) in [4.78, 5) is 17.6. The Balaban J connectivity index is 1.91. The molecule has 7 heteroatoms. The molecule has 2 aromatic heterocycles. The molecule has 0 fully saturated rings. The topological polar surface area (TPSA) is 78.8 Å². The van der Waals surface area contributed by atoms with Crippen LogP contribution in [0.15, 0.2) is 75.2 Å². The summed E-state index contributed by atoms with van der Waals surface area (Å²) in [5.41, 5.74) is 0.937. The van der Waals surface area contributed by atoms with Crippen LogP contribution in [0.25, 0.3) is 22.5 Å². The molecule has 4 aromatic rings. The van der Waals surface area contributed by atoms with E-state index in [9.17, 15) is 4.79 Å². The molecule has 28 heavy (non-hydrogen) atoms. The molecule has 0 N–H and O–H groups in total. The van der Waals surface area contributed by atoms with Gasteiger partial charge in [-0.3, -0.25) is 4.79 Å². The number of rotatable bonds is 5. The van der Waals surface area contributed by atoms with Gasteiger partial charge >= 0.3 is 0 Å². The summed E-state index contributed by atoms with van der Waals surface area (Å²) in [5, 5.41) is 4.85. The highest BCUT2D eigenvalue weighted by atomic mass is 16.5. The van der Waals surface area contributed by atoms with Gasteiger partial charge in [0.05, 0.1) is 37.6 Å². The van der Waals surface area contributed by atoms with E-state index in [0.717, 1.165) is 0 Å². The summed E-state index contributed by atoms with van der Waals surface area (Å²) >= 11 is 0. The Morgan fingerprint density at radius 3 is 2.68 bits per heavy atom. The number of aromatic nitrogens is 2. The Kier molecular flexibility index (Phi) is 4.63. The van der Waals surface area contributed by atoms with Crippen LogP contribution in [0.4, 0.5) is 0 Å². The maximum atomic E-state index is 13.1. The van der Waals surface area contributed by atoms with Crippen molar-refractivity contribution < 1.29 is 13.9 Å². The van der Waals surface area contributed by atoms with Crippen LogP contribution in [0.2, 0.25) is 0 Å².